The number of hydrogen-bond donors (Lipinski definition) is 2. The Kier molecular flexibility index (Phi) is 7.24. The molecule has 1 atom stereocenters. The maximum atomic E-state index is 13.2. The highest BCUT2D eigenvalue weighted by molar-refractivity contribution is 7.10. The molecule has 3 rings (SSSR count). The molecule has 0 bridgehead atoms. The van der Waals surface area contributed by atoms with Crippen LogP contribution in [0.3, 0.4) is 0 Å². The molecule has 1 aliphatic rings. The van der Waals surface area contributed by atoms with Gasteiger partial charge in [-0.15, -0.1) is 0 Å². The van der Waals surface area contributed by atoms with Crippen LogP contribution in [-0.2, 0) is 20.4 Å². The number of halogens is 3. The second kappa shape index (κ2) is 9.74. The van der Waals surface area contributed by atoms with Gasteiger partial charge in [0.2, 0.25) is 0 Å². The Morgan fingerprint density at radius 3 is 2.59 bits per heavy atom. The van der Waals surface area contributed by atoms with E-state index in [9.17, 15) is 22.8 Å². The summed E-state index contributed by atoms with van der Waals surface area (Å²) in [6, 6.07) is 3.17. The molecule has 8 nitrogen and oxygen atoms in total. The predicted molar refractivity (Wildman–Crippen MR) is 114 cm³/mol. The maximum absolute atomic E-state index is 13.2. The lowest BCUT2D eigenvalue weighted by Crippen LogP contribution is -2.37. The first kappa shape index (κ1) is 23.8. The molecule has 0 unspecified atom stereocenters. The summed E-state index contributed by atoms with van der Waals surface area (Å²) in [5, 5.41) is 5.82. The molecule has 174 valence electrons. The zero-order valence-corrected chi connectivity index (χ0v) is 18.5. The van der Waals surface area contributed by atoms with Crippen molar-refractivity contribution in [1.29, 1.82) is 0 Å². The van der Waals surface area contributed by atoms with E-state index in [0.29, 0.717) is 42.7 Å². The topological polar surface area (TPSA) is 92.8 Å². The summed E-state index contributed by atoms with van der Waals surface area (Å²) in [4.78, 5) is 27.1. The number of morpholine rings is 1. The van der Waals surface area contributed by atoms with E-state index in [2.05, 4.69) is 15.0 Å². The van der Waals surface area contributed by atoms with E-state index in [1.54, 1.807) is 14.0 Å². The van der Waals surface area contributed by atoms with Gasteiger partial charge in [-0.25, -0.2) is 4.79 Å². The van der Waals surface area contributed by atoms with Crippen molar-refractivity contribution in [2.75, 3.05) is 48.9 Å². The fourth-order valence-corrected chi connectivity index (χ4v) is 3.91. The normalized spacial score (nSPS) is 15.2. The van der Waals surface area contributed by atoms with Crippen molar-refractivity contribution in [2.45, 2.75) is 26.1 Å². The van der Waals surface area contributed by atoms with Gasteiger partial charge in [0.15, 0.2) is 6.10 Å². The standard InChI is InChI=1S/C20H23F3N4O4S/c1-11-16(18(24-3)32-26-11)19(29)31-12(2)17(28)25-14-10-13(20(21,22)23)4-5-15(14)27-6-8-30-9-7-27/h4-5,10,12,24H,6-9H2,1-3H3,(H,25,28)/t12-/m0/s1. The van der Waals surface area contributed by atoms with Gasteiger partial charge < -0.3 is 25.0 Å². The first-order chi connectivity index (χ1) is 15.1. The molecular formula is C20H23F3N4O4S. The Morgan fingerprint density at radius 1 is 1.28 bits per heavy atom. The van der Waals surface area contributed by atoms with E-state index in [1.807, 2.05) is 4.90 Å². The Labute approximate surface area is 186 Å². The average molecular weight is 472 g/mol. The van der Waals surface area contributed by atoms with Crippen LogP contribution in [0.2, 0.25) is 0 Å². The number of nitrogens with zero attached hydrogens (tertiary/aromatic N) is 2. The van der Waals surface area contributed by atoms with Crippen LogP contribution in [-0.4, -0.2) is 55.7 Å². The summed E-state index contributed by atoms with van der Waals surface area (Å²) >= 11 is 1.08. The Bertz CT molecular complexity index is 990. The highest BCUT2D eigenvalue weighted by Crippen LogP contribution is 2.36. The number of carbonyl (C=O) groups excluding carboxylic acids is 2. The van der Waals surface area contributed by atoms with Crippen molar-refractivity contribution in [1.82, 2.24) is 4.37 Å². The van der Waals surface area contributed by atoms with Gasteiger partial charge in [-0.2, -0.15) is 17.5 Å². The lowest BCUT2D eigenvalue weighted by atomic mass is 10.1. The third kappa shape index (κ3) is 5.30. The summed E-state index contributed by atoms with van der Waals surface area (Å²) < 4.78 is 54.4. The largest absolute Gasteiger partial charge is 0.449 e. The highest BCUT2D eigenvalue weighted by atomic mass is 32.1. The Hall–Kier alpha value is -2.86. The Morgan fingerprint density at radius 2 is 1.97 bits per heavy atom. The van der Waals surface area contributed by atoms with Crippen molar-refractivity contribution < 1.29 is 32.2 Å². The van der Waals surface area contributed by atoms with Crippen LogP contribution in [0.4, 0.5) is 29.5 Å². The molecule has 1 amide bonds. The zero-order chi connectivity index (χ0) is 23.5. The minimum absolute atomic E-state index is 0.0149. The number of alkyl halides is 3. The molecule has 1 aromatic carbocycles. The number of esters is 1. The average Bonchev–Trinajstić information content (AvgIpc) is 3.14. The SMILES string of the molecule is CNc1snc(C)c1C(=O)O[C@@H](C)C(=O)Nc1cc(C(F)(F)F)ccc1N1CCOCC1. The summed E-state index contributed by atoms with van der Waals surface area (Å²) in [6.45, 7) is 4.76. The van der Waals surface area contributed by atoms with Crippen LogP contribution in [0.1, 0.15) is 28.5 Å². The molecular weight excluding hydrogens is 449 g/mol. The van der Waals surface area contributed by atoms with Gasteiger partial charge in [0.1, 0.15) is 10.6 Å². The molecule has 1 fully saturated rings. The fraction of sp³-hybridized carbons (Fsp3) is 0.450. The van der Waals surface area contributed by atoms with Crippen molar-refractivity contribution in [2.24, 2.45) is 0 Å². The van der Waals surface area contributed by atoms with Crippen LogP contribution in [0.5, 0.6) is 0 Å². The predicted octanol–water partition coefficient (Wildman–Crippen LogP) is 3.53. The van der Waals surface area contributed by atoms with E-state index in [4.69, 9.17) is 9.47 Å². The van der Waals surface area contributed by atoms with Crippen LogP contribution >= 0.6 is 11.5 Å². The molecule has 1 aromatic heterocycles. The van der Waals surface area contributed by atoms with Gasteiger partial charge in [-0.05, 0) is 43.6 Å². The van der Waals surface area contributed by atoms with Gasteiger partial charge in [-0.1, -0.05) is 0 Å². The Balaban J connectivity index is 1.80. The minimum Gasteiger partial charge on any atom is -0.449 e. The molecule has 2 N–H and O–H groups in total. The first-order valence-corrected chi connectivity index (χ1v) is 10.6. The number of aryl methyl sites for hydroxylation is 1. The molecule has 32 heavy (non-hydrogen) atoms. The molecule has 2 aromatic rings. The lowest BCUT2D eigenvalue weighted by Gasteiger charge is -2.31. The third-order valence-corrected chi connectivity index (χ3v) is 5.84. The summed E-state index contributed by atoms with van der Waals surface area (Å²) in [5.41, 5.74) is 0.185. The van der Waals surface area contributed by atoms with Crippen LogP contribution in [0.15, 0.2) is 18.2 Å². The second-order valence-corrected chi connectivity index (χ2v) is 7.86. The van der Waals surface area contributed by atoms with E-state index in [-0.39, 0.29) is 11.3 Å². The molecule has 12 heteroatoms. The molecule has 1 saturated heterocycles. The number of anilines is 3. The van der Waals surface area contributed by atoms with E-state index < -0.39 is 29.7 Å². The highest BCUT2D eigenvalue weighted by Gasteiger charge is 2.32. The number of carbonyl (C=O) groups is 2. The van der Waals surface area contributed by atoms with E-state index in [0.717, 1.165) is 23.7 Å². The van der Waals surface area contributed by atoms with Crippen LogP contribution < -0.4 is 15.5 Å². The molecule has 0 spiro atoms. The van der Waals surface area contributed by atoms with Crippen molar-refractivity contribution >= 4 is 39.8 Å². The van der Waals surface area contributed by atoms with Crippen molar-refractivity contribution in [3.8, 4) is 0 Å². The zero-order valence-electron chi connectivity index (χ0n) is 17.7. The maximum Gasteiger partial charge on any atom is 0.416 e. The third-order valence-electron chi connectivity index (χ3n) is 4.88. The smallest absolute Gasteiger partial charge is 0.416 e. The lowest BCUT2D eigenvalue weighted by molar-refractivity contribution is -0.137. The number of amides is 1. The summed E-state index contributed by atoms with van der Waals surface area (Å²) in [6.07, 6.45) is -5.83. The van der Waals surface area contributed by atoms with Gasteiger partial charge in [-0.3, -0.25) is 4.79 Å². The molecule has 0 aliphatic carbocycles. The summed E-state index contributed by atoms with van der Waals surface area (Å²) in [5.74, 6) is -1.50. The number of rotatable bonds is 6. The second-order valence-electron chi connectivity index (χ2n) is 7.09. The van der Waals surface area contributed by atoms with Gasteiger partial charge in [0, 0.05) is 20.1 Å². The van der Waals surface area contributed by atoms with Crippen LogP contribution in [0.25, 0.3) is 0 Å². The molecule has 0 saturated carbocycles. The fourth-order valence-electron chi connectivity index (χ4n) is 3.18. The number of ether oxygens (including phenoxy) is 2. The van der Waals surface area contributed by atoms with Gasteiger partial charge in [0.05, 0.1) is 35.8 Å². The van der Waals surface area contributed by atoms with Crippen molar-refractivity contribution in [3.05, 3.63) is 35.0 Å². The minimum atomic E-state index is -4.58. The number of nitrogens with one attached hydrogen (secondary N) is 2. The van der Waals surface area contributed by atoms with E-state index >= 15 is 0 Å². The van der Waals surface area contributed by atoms with Gasteiger partial charge >= 0.3 is 12.1 Å². The number of benzene rings is 1. The molecule has 2 heterocycles. The van der Waals surface area contributed by atoms with E-state index in [1.165, 1.54) is 13.0 Å². The van der Waals surface area contributed by atoms with Crippen LogP contribution in [0, 0.1) is 6.92 Å². The van der Waals surface area contributed by atoms with Crippen molar-refractivity contribution in [3.63, 3.8) is 0 Å². The monoisotopic (exact) mass is 472 g/mol. The number of aromatic nitrogens is 1. The van der Waals surface area contributed by atoms with Gasteiger partial charge in [0.25, 0.3) is 5.91 Å². The first-order valence-electron chi connectivity index (χ1n) is 9.81. The quantitative estimate of drug-likeness (QED) is 0.622. The number of hydrogen-bond acceptors (Lipinski definition) is 8. The molecule has 0 radical (unpaired) electrons. The summed E-state index contributed by atoms with van der Waals surface area (Å²) in [7, 11) is 1.63. The molecule has 1 aliphatic heterocycles.